The van der Waals surface area contributed by atoms with Crippen LogP contribution in [0.25, 0.3) is 0 Å². The van der Waals surface area contributed by atoms with Gasteiger partial charge in [0, 0.05) is 13.3 Å². The van der Waals surface area contributed by atoms with Gasteiger partial charge in [0.1, 0.15) is 17.9 Å². The highest BCUT2D eigenvalue weighted by Gasteiger charge is 2.28. The molecule has 3 atom stereocenters. The van der Waals surface area contributed by atoms with Gasteiger partial charge in [0.15, 0.2) is 0 Å². The lowest BCUT2D eigenvalue weighted by atomic mass is 9.97. The Hall–Kier alpha value is -2.44. The summed E-state index contributed by atoms with van der Waals surface area (Å²) < 4.78 is 13.8. The van der Waals surface area contributed by atoms with Crippen molar-refractivity contribution in [3.63, 3.8) is 0 Å². The summed E-state index contributed by atoms with van der Waals surface area (Å²) in [5, 5.41) is 5.05. The summed E-state index contributed by atoms with van der Waals surface area (Å²) in [7, 11) is 0. The second-order valence-corrected chi connectivity index (χ2v) is 5.82. The number of amides is 3. The Kier molecular flexibility index (Phi) is 7.35. The van der Waals surface area contributed by atoms with Crippen molar-refractivity contribution in [1.82, 2.24) is 10.6 Å². The van der Waals surface area contributed by atoms with Crippen molar-refractivity contribution in [1.29, 1.82) is 0 Å². The van der Waals surface area contributed by atoms with Gasteiger partial charge in [-0.25, -0.2) is 4.39 Å². The largest absolute Gasteiger partial charge is 0.368 e. The second kappa shape index (κ2) is 9.00. The third-order valence-corrected chi connectivity index (χ3v) is 3.89. The van der Waals surface area contributed by atoms with E-state index in [2.05, 4.69) is 10.6 Å². The molecule has 0 unspecified atom stereocenters. The molecule has 0 heterocycles. The molecule has 0 bridgehead atoms. The number of primary amides is 1. The van der Waals surface area contributed by atoms with Crippen LogP contribution in [0.3, 0.4) is 0 Å². The summed E-state index contributed by atoms with van der Waals surface area (Å²) in [6.45, 7) is 4.93. The predicted octanol–water partition coefficient (Wildman–Crippen LogP) is 0.889. The summed E-state index contributed by atoms with van der Waals surface area (Å²) in [6.07, 6.45) is 0.621. The average Bonchev–Trinajstić information content (AvgIpc) is 2.52. The van der Waals surface area contributed by atoms with Gasteiger partial charge in [-0.3, -0.25) is 14.4 Å². The molecule has 0 aliphatic rings. The Morgan fingerprint density at radius 1 is 1.21 bits per heavy atom. The first-order valence-corrected chi connectivity index (χ1v) is 7.86. The Morgan fingerprint density at radius 3 is 2.33 bits per heavy atom. The summed E-state index contributed by atoms with van der Waals surface area (Å²) >= 11 is 0. The molecule has 0 saturated carbocycles. The van der Waals surface area contributed by atoms with Gasteiger partial charge in [0.2, 0.25) is 17.7 Å². The molecule has 24 heavy (non-hydrogen) atoms. The van der Waals surface area contributed by atoms with Crippen LogP contribution in [0.1, 0.15) is 32.8 Å². The van der Waals surface area contributed by atoms with Crippen LogP contribution in [0.4, 0.5) is 4.39 Å². The molecule has 0 fully saturated rings. The quantitative estimate of drug-likeness (QED) is 0.656. The van der Waals surface area contributed by atoms with E-state index in [9.17, 15) is 18.8 Å². The molecule has 0 spiro atoms. The molecule has 6 nitrogen and oxygen atoms in total. The lowest BCUT2D eigenvalue weighted by molar-refractivity contribution is -0.131. The molecular weight excluding hydrogens is 313 g/mol. The number of rotatable bonds is 8. The van der Waals surface area contributed by atoms with E-state index < -0.39 is 35.6 Å². The van der Waals surface area contributed by atoms with Crippen LogP contribution in [0.2, 0.25) is 0 Å². The van der Waals surface area contributed by atoms with Gasteiger partial charge < -0.3 is 16.4 Å². The molecule has 0 aliphatic heterocycles. The first-order chi connectivity index (χ1) is 11.3. The normalized spacial score (nSPS) is 14.3. The molecule has 3 amide bonds. The minimum Gasteiger partial charge on any atom is -0.368 e. The summed E-state index contributed by atoms with van der Waals surface area (Å²) in [6, 6.07) is 4.16. The SMILES string of the molecule is CC[C@@H](C)[C@H](NC(=O)[C@@H](Cc1ccccc1F)NC(C)=O)C(N)=O. The lowest BCUT2D eigenvalue weighted by Gasteiger charge is -2.25. The fourth-order valence-electron chi connectivity index (χ4n) is 2.32. The topological polar surface area (TPSA) is 101 Å². The van der Waals surface area contributed by atoms with E-state index in [1.165, 1.54) is 19.1 Å². The van der Waals surface area contributed by atoms with Crippen molar-refractivity contribution in [3.8, 4) is 0 Å². The van der Waals surface area contributed by atoms with Crippen molar-refractivity contribution < 1.29 is 18.8 Å². The highest BCUT2D eigenvalue weighted by molar-refractivity contribution is 5.91. The number of hydrogen-bond acceptors (Lipinski definition) is 3. The van der Waals surface area contributed by atoms with Crippen LogP contribution >= 0.6 is 0 Å². The van der Waals surface area contributed by atoms with Gasteiger partial charge in [0.05, 0.1) is 0 Å². The van der Waals surface area contributed by atoms with E-state index in [4.69, 9.17) is 5.73 Å². The van der Waals surface area contributed by atoms with E-state index in [0.717, 1.165) is 0 Å². The Labute approximate surface area is 141 Å². The van der Waals surface area contributed by atoms with Gasteiger partial charge in [0.25, 0.3) is 0 Å². The maximum Gasteiger partial charge on any atom is 0.243 e. The molecule has 0 saturated heterocycles. The monoisotopic (exact) mass is 337 g/mol. The first kappa shape index (κ1) is 19.6. The number of nitrogens with two attached hydrogens (primary N) is 1. The minimum atomic E-state index is -0.995. The maximum absolute atomic E-state index is 13.8. The van der Waals surface area contributed by atoms with Gasteiger partial charge in [-0.15, -0.1) is 0 Å². The van der Waals surface area contributed by atoms with E-state index >= 15 is 0 Å². The maximum atomic E-state index is 13.8. The molecule has 132 valence electrons. The fourth-order valence-corrected chi connectivity index (χ4v) is 2.32. The van der Waals surface area contributed by atoms with Crippen LogP contribution in [-0.2, 0) is 20.8 Å². The molecule has 1 aromatic carbocycles. The van der Waals surface area contributed by atoms with E-state index in [1.54, 1.807) is 19.1 Å². The van der Waals surface area contributed by atoms with Crippen molar-refractivity contribution in [2.45, 2.75) is 45.7 Å². The summed E-state index contributed by atoms with van der Waals surface area (Å²) in [5.41, 5.74) is 5.64. The van der Waals surface area contributed by atoms with Crippen molar-refractivity contribution in [2.75, 3.05) is 0 Å². The Balaban J connectivity index is 2.94. The zero-order chi connectivity index (χ0) is 18.3. The van der Waals surface area contributed by atoms with Gasteiger partial charge in [-0.1, -0.05) is 38.5 Å². The first-order valence-electron chi connectivity index (χ1n) is 7.86. The van der Waals surface area contributed by atoms with Gasteiger partial charge in [-0.2, -0.15) is 0 Å². The zero-order valence-electron chi connectivity index (χ0n) is 14.1. The second-order valence-electron chi connectivity index (χ2n) is 5.82. The fraction of sp³-hybridized carbons (Fsp3) is 0.471. The van der Waals surface area contributed by atoms with E-state index in [-0.39, 0.29) is 12.3 Å². The van der Waals surface area contributed by atoms with Crippen LogP contribution in [0, 0.1) is 11.7 Å². The van der Waals surface area contributed by atoms with Gasteiger partial charge >= 0.3 is 0 Å². The van der Waals surface area contributed by atoms with Crippen LogP contribution in [-0.4, -0.2) is 29.8 Å². The number of halogens is 1. The highest BCUT2D eigenvalue weighted by atomic mass is 19.1. The molecule has 0 aliphatic carbocycles. The standard InChI is InChI=1S/C17H24FN3O3/c1-4-10(2)15(16(19)23)21-17(24)14(20-11(3)22)9-12-7-5-6-8-13(12)18/h5-8,10,14-15H,4,9H2,1-3H3,(H2,19,23)(H,20,22)(H,21,24)/t10-,14-,15+/m1/s1. The van der Waals surface area contributed by atoms with Crippen molar-refractivity contribution >= 4 is 17.7 Å². The number of carbonyl (C=O) groups excluding carboxylic acids is 3. The van der Waals surface area contributed by atoms with Crippen LogP contribution in [0.15, 0.2) is 24.3 Å². The molecule has 4 N–H and O–H groups in total. The van der Waals surface area contributed by atoms with Crippen LogP contribution < -0.4 is 16.4 Å². The molecule has 0 aromatic heterocycles. The molecular formula is C17H24FN3O3. The van der Waals surface area contributed by atoms with E-state index in [1.807, 2.05) is 6.92 Å². The number of benzene rings is 1. The number of hydrogen-bond donors (Lipinski definition) is 3. The summed E-state index contributed by atoms with van der Waals surface area (Å²) in [5.74, 6) is -2.26. The van der Waals surface area contributed by atoms with Crippen molar-refractivity contribution in [2.24, 2.45) is 11.7 Å². The predicted molar refractivity (Wildman–Crippen MR) is 88.3 cm³/mol. The van der Waals surface area contributed by atoms with E-state index in [0.29, 0.717) is 12.0 Å². The van der Waals surface area contributed by atoms with Gasteiger partial charge in [-0.05, 0) is 17.5 Å². The minimum absolute atomic E-state index is 0.0237. The average molecular weight is 337 g/mol. The zero-order valence-corrected chi connectivity index (χ0v) is 14.1. The Morgan fingerprint density at radius 2 is 1.83 bits per heavy atom. The lowest BCUT2D eigenvalue weighted by Crippen LogP contribution is -2.55. The molecule has 1 rings (SSSR count). The number of nitrogens with one attached hydrogen (secondary N) is 2. The smallest absolute Gasteiger partial charge is 0.243 e. The third-order valence-electron chi connectivity index (χ3n) is 3.89. The summed E-state index contributed by atoms with van der Waals surface area (Å²) in [4.78, 5) is 35.4. The molecule has 7 heteroatoms. The highest BCUT2D eigenvalue weighted by Crippen LogP contribution is 2.11. The molecule has 0 radical (unpaired) electrons. The molecule has 1 aromatic rings. The van der Waals surface area contributed by atoms with Crippen molar-refractivity contribution in [3.05, 3.63) is 35.6 Å². The number of carbonyl (C=O) groups is 3. The Bertz CT molecular complexity index is 606. The third kappa shape index (κ3) is 5.64. The van der Waals surface area contributed by atoms with Crippen LogP contribution in [0.5, 0.6) is 0 Å².